The van der Waals surface area contributed by atoms with Crippen LogP contribution in [0.2, 0.25) is 0 Å². The van der Waals surface area contributed by atoms with Gasteiger partial charge in [-0.3, -0.25) is 4.48 Å². The molecule has 1 aliphatic rings. The Bertz CT molecular complexity index is 299. The fourth-order valence-corrected chi connectivity index (χ4v) is 1.27. The molecule has 0 radical (unpaired) electrons. The van der Waals surface area contributed by atoms with E-state index >= 15 is 0 Å². The Morgan fingerprint density at radius 2 is 1.94 bits per heavy atom. The number of quaternary nitrogens is 1. The molecular formula is C10H15F3N2O2. The lowest BCUT2D eigenvalue weighted by Gasteiger charge is -2.24. The number of rotatable bonds is 3. The van der Waals surface area contributed by atoms with E-state index in [1.807, 2.05) is 12.5 Å². The molecule has 0 saturated carbocycles. The summed E-state index contributed by atoms with van der Waals surface area (Å²) < 4.78 is 32.5. The average molecular weight is 252 g/mol. The molecule has 1 unspecified atom stereocenters. The van der Waals surface area contributed by atoms with Crippen LogP contribution in [-0.2, 0) is 4.79 Å². The van der Waals surface area contributed by atoms with Crippen molar-refractivity contribution in [2.24, 2.45) is 4.99 Å². The lowest BCUT2D eigenvalue weighted by atomic mass is 10.3. The molecule has 0 bridgehead atoms. The monoisotopic (exact) mass is 252 g/mol. The third-order valence-corrected chi connectivity index (χ3v) is 2.21. The zero-order chi connectivity index (χ0) is 13.5. The molecule has 17 heavy (non-hydrogen) atoms. The van der Waals surface area contributed by atoms with Crippen molar-refractivity contribution in [1.29, 1.82) is 0 Å². The number of hydrogen-bond donors (Lipinski definition) is 0. The molecule has 0 saturated heterocycles. The molecule has 0 N–H and O–H groups in total. The van der Waals surface area contributed by atoms with Gasteiger partial charge < -0.3 is 9.90 Å². The number of aliphatic carboxylic acids is 1. The highest BCUT2D eigenvalue weighted by Crippen LogP contribution is 2.11. The second-order valence-electron chi connectivity index (χ2n) is 3.49. The predicted molar refractivity (Wildman–Crippen MR) is 54.7 cm³/mol. The number of halogens is 3. The summed E-state index contributed by atoms with van der Waals surface area (Å²) in [4.78, 5) is 12.9. The van der Waals surface area contributed by atoms with E-state index in [2.05, 4.69) is 25.0 Å². The topological polar surface area (TPSA) is 52.5 Å². The maximum atomic E-state index is 10.5. The molecule has 0 aromatic heterocycles. The molecule has 0 aromatic rings. The molecule has 0 amide bonds. The number of carbonyl (C=O) groups is 1. The van der Waals surface area contributed by atoms with Gasteiger partial charge in [-0.2, -0.15) is 13.2 Å². The SMILES string of the molecule is CCC[N+]1(CC)C=CN=C1.O=C([O-])C(F)(F)F. The van der Waals surface area contributed by atoms with Crippen molar-refractivity contribution in [1.82, 2.24) is 0 Å². The third-order valence-electron chi connectivity index (χ3n) is 2.21. The first-order chi connectivity index (χ1) is 7.77. The summed E-state index contributed by atoms with van der Waals surface area (Å²) in [6, 6.07) is 0. The quantitative estimate of drug-likeness (QED) is 0.705. The van der Waals surface area contributed by atoms with E-state index in [9.17, 15) is 13.2 Å². The molecule has 7 heteroatoms. The second-order valence-corrected chi connectivity index (χ2v) is 3.49. The molecule has 0 aromatic carbocycles. The van der Waals surface area contributed by atoms with E-state index in [1.54, 1.807) is 0 Å². The lowest BCUT2D eigenvalue weighted by molar-refractivity contribution is -0.777. The fourth-order valence-electron chi connectivity index (χ4n) is 1.27. The van der Waals surface area contributed by atoms with Crippen LogP contribution in [0.15, 0.2) is 17.4 Å². The molecule has 98 valence electrons. The van der Waals surface area contributed by atoms with Gasteiger partial charge in [-0.05, 0) is 13.3 Å². The van der Waals surface area contributed by atoms with Crippen LogP contribution >= 0.6 is 0 Å². The first-order valence-electron chi connectivity index (χ1n) is 5.14. The van der Waals surface area contributed by atoms with Crippen LogP contribution in [0.1, 0.15) is 20.3 Å². The van der Waals surface area contributed by atoms with Gasteiger partial charge in [0.25, 0.3) is 0 Å². The van der Waals surface area contributed by atoms with Gasteiger partial charge in [0.05, 0.1) is 19.3 Å². The summed E-state index contributed by atoms with van der Waals surface area (Å²) in [6.45, 7) is 6.69. The number of carboxylic acids is 1. The van der Waals surface area contributed by atoms with Crippen molar-refractivity contribution in [2.75, 3.05) is 13.1 Å². The Morgan fingerprint density at radius 3 is 2.18 bits per heavy atom. The van der Waals surface area contributed by atoms with E-state index in [0.717, 1.165) is 11.0 Å². The Hall–Kier alpha value is -1.37. The van der Waals surface area contributed by atoms with Crippen molar-refractivity contribution in [2.45, 2.75) is 26.4 Å². The lowest BCUT2D eigenvalue weighted by Crippen LogP contribution is -2.39. The summed E-state index contributed by atoms with van der Waals surface area (Å²) in [5.41, 5.74) is 0. The van der Waals surface area contributed by atoms with Gasteiger partial charge in [0, 0.05) is 0 Å². The molecule has 1 aliphatic heterocycles. The van der Waals surface area contributed by atoms with Crippen molar-refractivity contribution >= 4 is 12.3 Å². The molecule has 0 aliphatic carbocycles. The highest BCUT2D eigenvalue weighted by atomic mass is 19.4. The van der Waals surface area contributed by atoms with Gasteiger partial charge in [-0.15, -0.1) is 0 Å². The highest BCUT2D eigenvalue weighted by Gasteiger charge is 2.28. The molecule has 4 nitrogen and oxygen atoms in total. The number of nitrogens with zero attached hydrogens (tertiary/aromatic N) is 2. The first-order valence-corrected chi connectivity index (χ1v) is 5.14. The standard InChI is InChI=1S/C8H15N2.C2HF3O2/c1-3-6-10(4-2)7-5-9-8-10;3-2(4,5)1(6)7/h5,7-8H,3-4,6H2,1-2H3;(H,6,7)/q+1;/p-1. The molecule has 1 atom stereocenters. The normalized spacial score (nSPS) is 22.2. The minimum absolute atomic E-state index is 0.941. The van der Waals surface area contributed by atoms with E-state index in [0.29, 0.717) is 0 Å². The number of alkyl halides is 3. The van der Waals surface area contributed by atoms with Gasteiger partial charge in [0.2, 0.25) is 0 Å². The second kappa shape index (κ2) is 6.39. The third kappa shape index (κ3) is 5.48. The van der Waals surface area contributed by atoms with Crippen LogP contribution < -0.4 is 5.11 Å². The highest BCUT2D eigenvalue weighted by molar-refractivity contribution is 5.70. The fraction of sp³-hybridized carbons (Fsp3) is 0.600. The van der Waals surface area contributed by atoms with E-state index in [1.165, 1.54) is 13.0 Å². The zero-order valence-electron chi connectivity index (χ0n) is 9.70. The largest absolute Gasteiger partial charge is 0.542 e. The van der Waals surface area contributed by atoms with Crippen LogP contribution in [0.25, 0.3) is 0 Å². The van der Waals surface area contributed by atoms with Crippen molar-refractivity contribution in [3.05, 3.63) is 12.4 Å². The molecule has 0 spiro atoms. The summed E-state index contributed by atoms with van der Waals surface area (Å²) in [6.07, 6.45) is 2.08. The molecule has 1 rings (SSSR count). The first kappa shape index (κ1) is 15.6. The number of carboxylic acid groups (broad SMARTS) is 1. The van der Waals surface area contributed by atoms with E-state index < -0.39 is 12.1 Å². The van der Waals surface area contributed by atoms with Crippen molar-refractivity contribution < 1.29 is 27.6 Å². The molecular weight excluding hydrogens is 237 g/mol. The Labute approximate surface area is 97.7 Å². The zero-order valence-corrected chi connectivity index (χ0v) is 9.70. The van der Waals surface area contributed by atoms with E-state index in [4.69, 9.17) is 9.90 Å². The Morgan fingerprint density at radius 1 is 1.41 bits per heavy atom. The maximum absolute atomic E-state index is 10.5. The van der Waals surface area contributed by atoms with Crippen LogP contribution in [-0.4, -0.2) is 36.1 Å². The maximum Gasteiger partial charge on any atom is 0.430 e. The molecule has 1 heterocycles. The van der Waals surface area contributed by atoms with Gasteiger partial charge in [-0.25, -0.2) is 4.99 Å². The van der Waals surface area contributed by atoms with Crippen LogP contribution in [0, 0.1) is 0 Å². The smallest absolute Gasteiger partial charge is 0.430 e. The average Bonchev–Trinajstić information content (AvgIpc) is 2.67. The van der Waals surface area contributed by atoms with Crippen molar-refractivity contribution in [3.8, 4) is 0 Å². The molecule has 0 fully saturated rings. The minimum Gasteiger partial charge on any atom is -0.542 e. The minimum atomic E-state index is -5.19. The summed E-state index contributed by atoms with van der Waals surface area (Å²) in [5, 5.41) is 8.78. The van der Waals surface area contributed by atoms with Crippen LogP contribution in [0.3, 0.4) is 0 Å². The van der Waals surface area contributed by atoms with Crippen LogP contribution in [0.4, 0.5) is 13.2 Å². The van der Waals surface area contributed by atoms with Gasteiger partial charge in [0.15, 0.2) is 6.34 Å². The van der Waals surface area contributed by atoms with E-state index in [-0.39, 0.29) is 0 Å². The predicted octanol–water partition coefficient (Wildman–Crippen LogP) is 1.04. The summed E-state index contributed by atoms with van der Waals surface area (Å²) in [5.74, 6) is -3.01. The van der Waals surface area contributed by atoms with Gasteiger partial charge in [-0.1, -0.05) is 6.92 Å². The number of carbonyl (C=O) groups excluding carboxylic acids is 1. The Balaban J connectivity index is 0.000000325. The van der Waals surface area contributed by atoms with Gasteiger partial charge in [0.1, 0.15) is 12.2 Å². The number of aliphatic imine (C=N–C) groups is 1. The Kier molecular flexibility index (Phi) is 5.87. The van der Waals surface area contributed by atoms with Gasteiger partial charge >= 0.3 is 6.18 Å². The summed E-state index contributed by atoms with van der Waals surface area (Å²) >= 11 is 0. The van der Waals surface area contributed by atoms with Crippen molar-refractivity contribution in [3.63, 3.8) is 0 Å². The summed E-state index contributed by atoms with van der Waals surface area (Å²) in [7, 11) is 0. The van der Waals surface area contributed by atoms with Crippen LogP contribution in [0.5, 0.6) is 0 Å². The number of hydrogen-bond acceptors (Lipinski definition) is 3.